The van der Waals surface area contributed by atoms with Crippen molar-refractivity contribution in [1.29, 1.82) is 0 Å². The van der Waals surface area contributed by atoms with Gasteiger partial charge in [0.1, 0.15) is 23.0 Å². The molecule has 2 heterocycles. The number of hydrogen-bond donors (Lipinski definition) is 0. The second kappa shape index (κ2) is 7.56. The molecular formula is C30H20BNO2. The van der Waals surface area contributed by atoms with Crippen molar-refractivity contribution in [2.24, 2.45) is 0 Å². The molecule has 0 amide bonds. The number of rotatable bonds is 3. The molecule has 0 N–H and O–H groups in total. The largest absolute Gasteiger partial charge is 0.458 e. The van der Waals surface area contributed by atoms with E-state index in [1.807, 2.05) is 48.5 Å². The zero-order valence-corrected chi connectivity index (χ0v) is 17.6. The molecule has 0 saturated carbocycles. The van der Waals surface area contributed by atoms with Crippen molar-refractivity contribution in [3.8, 4) is 23.0 Å². The first kappa shape index (κ1) is 11.6. The molecule has 0 aromatic heterocycles. The van der Waals surface area contributed by atoms with E-state index >= 15 is 0 Å². The van der Waals surface area contributed by atoms with Crippen molar-refractivity contribution in [3.63, 3.8) is 0 Å². The van der Waals surface area contributed by atoms with E-state index in [2.05, 4.69) is 0 Å². The maximum atomic E-state index is 8.75. The van der Waals surface area contributed by atoms with E-state index in [1.165, 1.54) is 0 Å². The molecule has 7 rings (SSSR count). The minimum absolute atomic E-state index is 0.105. The lowest BCUT2D eigenvalue weighted by molar-refractivity contribution is 0.465. The first-order chi connectivity index (χ1) is 21.0. The van der Waals surface area contributed by atoms with Gasteiger partial charge >= 0.3 is 0 Å². The Morgan fingerprint density at radius 2 is 1.03 bits per heavy atom. The molecule has 0 spiro atoms. The molecule has 0 unspecified atom stereocenters. The van der Waals surface area contributed by atoms with Crippen LogP contribution in [0.4, 0.5) is 17.1 Å². The zero-order valence-electron chi connectivity index (χ0n) is 27.6. The van der Waals surface area contributed by atoms with Gasteiger partial charge in [-0.3, -0.25) is 0 Å². The van der Waals surface area contributed by atoms with Crippen molar-refractivity contribution < 1.29 is 23.2 Å². The highest BCUT2D eigenvalue weighted by atomic mass is 16.5. The lowest BCUT2D eigenvalue weighted by Gasteiger charge is -2.34. The Balaban J connectivity index is 1.58. The third-order valence-electron chi connectivity index (χ3n) is 5.96. The number of hydrogen-bond acceptors (Lipinski definition) is 3. The Bertz CT molecular complexity index is 1870. The number of nitrogens with zero attached hydrogens (tertiary/aromatic N) is 1. The van der Waals surface area contributed by atoms with Crippen molar-refractivity contribution >= 4 is 40.2 Å². The van der Waals surface area contributed by atoms with Crippen molar-refractivity contribution in [2.75, 3.05) is 4.90 Å². The molecule has 2 aliphatic rings. The molecule has 3 nitrogen and oxygen atoms in total. The molecule has 4 heteroatoms. The van der Waals surface area contributed by atoms with Crippen LogP contribution in [0.3, 0.4) is 0 Å². The van der Waals surface area contributed by atoms with Gasteiger partial charge in [0.05, 0.1) is 19.4 Å². The number of para-hydroxylation sites is 4. The van der Waals surface area contributed by atoms with Gasteiger partial charge in [-0.05, 0) is 47.2 Å². The summed E-state index contributed by atoms with van der Waals surface area (Å²) in [4.78, 5) is 1.10. The summed E-state index contributed by atoms with van der Waals surface area (Å²) in [5.41, 5.74) is 1.84. The summed E-state index contributed by atoms with van der Waals surface area (Å²) in [7, 11) is 0. The molecule has 0 fully saturated rings. The molecule has 0 atom stereocenters. The average Bonchev–Trinajstić information content (AvgIpc) is 3.03. The number of benzene rings is 5. The second-order valence-electron chi connectivity index (χ2n) is 7.85. The summed E-state index contributed by atoms with van der Waals surface area (Å²) in [6.07, 6.45) is 0. The zero-order chi connectivity index (χ0) is 31.2. The van der Waals surface area contributed by atoms with E-state index in [-0.39, 0.29) is 12.4 Å². The van der Waals surface area contributed by atoms with E-state index < -0.39 is 71.8 Å². The quantitative estimate of drug-likeness (QED) is 0.316. The third kappa shape index (κ3) is 2.92. The van der Waals surface area contributed by atoms with Gasteiger partial charge in [0.25, 0.3) is 6.71 Å². The smallest absolute Gasteiger partial charge is 0.260 e. The summed E-state index contributed by atoms with van der Waals surface area (Å²) in [6.45, 7) is -0.265. The Labute approximate surface area is 213 Å². The lowest BCUT2D eigenvalue weighted by Crippen LogP contribution is -2.57. The number of fused-ring (bicyclic) bond motifs is 4. The normalized spacial score (nSPS) is 16.6. The summed E-state index contributed by atoms with van der Waals surface area (Å²) in [5.74, 6) is 1.87. The van der Waals surface area contributed by atoms with Gasteiger partial charge in [-0.1, -0.05) is 72.7 Å². The van der Waals surface area contributed by atoms with Crippen LogP contribution in [0.2, 0.25) is 0 Å². The topological polar surface area (TPSA) is 21.7 Å². The van der Waals surface area contributed by atoms with Crippen molar-refractivity contribution in [3.05, 3.63) is 121 Å². The summed E-state index contributed by atoms with van der Waals surface area (Å²) < 4.78 is 97.2. The van der Waals surface area contributed by atoms with E-state index in [4.69, 9.17) is 23.2 Å². The van der Waals surface area contributed by atoms with E-state index in [0.29, 0.717) is 28.5 Å². The van der Waals surface area contributed by atoms with Gasteiger partial charge in [-0.25, -0.2) is 0 Å². The van der Waals surface area contributed by atoms with Crippen LogP contribution in [-0.2, 0) is 0 Å². The highest BCUT2D eigenvalue weighted by molar-refractivity contribution is 6.98. The van der Waals surface area contributed by atoms with Crippen LogP contribution in [0.1, 0.15) is 13.7 Å². The highest BCUT2D eigenvalue weighted by Gasteiger charge is 2.40. The molecule has 2 aliphatic heterocycles. The fourth-order valence-electron chi connectivity index (χ4n) is 4.59. The minimum atomic E-state index is -0.645. The fourth-order valence-corrected chi connectivity index (χ4v) is 4.59. The van der Waals surface area contributed by atoms with Gasteiger partial charge < -0.3 is 14.4 Å². The van der Waals surface area contributed by atoms with E-state index in [1.54, 1.807) is 12.1 Å². The predicted octanol–water partition coefficient (Wildman–Crippen LogP) is 5.88. The minimum Gasteiger partial charge on any atom is -0.458 e. The van der Waals surface area contributed by atoms with Crippen LogP contribution in [0.5, 0.6) is 23.0 Å². The lowest BCUT2D eigenvalue weighted by atomic mass is 9.35. The van der Waals surface area contributed by atoms with Gasteiger partial charge in [0.15, 0.2) is 0 Å². The van der Waals surface area contributed by atoms with Crippen LogP contribution in [0.15, 0.2) is 121 Å². The maximum Gasteiger partial charge on any atom is 0.260 e. The molecule has 0 bridgehead atoms. The number of ether oxygens (including phenoxy) is 2. The predicted molar refractivity (Wildman–Crippen MR) is 139 cm³/mol. The fraction of sp³-hybridized carbons (Fsp3) is 0. The molecule has 5 aromatic rings. The van der Waals surface area contributed by atoms with Crippen LogP contribution in [0, 0.1) is 0 Å². The van der Waals surface area contributed by atoms with Gasteiger partial charge in [0.2, 0.25) is 0 Å². The standard InChI is InChI=1S/C30H20BNO2/c1-3-11-21(12-4-1)32(22-13-5-2-6-14-22)23-19-28-30-29(20-23)34-27-18-10-8-16-25(27)31(30)24-15-7-9-17-26(24)33-28/h1-20H/i1D,2D,3D,4D,5D,6D,11D,12D,13D,14D. The Morgan fingerprint density at radius 1 is 0.559 bits per heavy atom. The molecule has 0 radical (unpaired) electrons. The Hall–Kier alpha value is -4.44. The van der Waals surface area contributed by atoms with E-state index in [0.717, 1.165) is 15.8 Å². The van der Waals surface area contributed by atoms with Crippen molar-refractivity contribution in [1.82, 2.24) is 0 Å². The first-order valence-electron chi connectivity index (χ1n) is 15.7. The van der Waals surface area contributed by atoms with Gasteiger partial charge in [-0.2, -0.15) is 0 Å². The molecule has 0 saturated heterocycles. The van der Waals surface area contributed by atoms with Gasteiger partial charge in [0, 0.05) is 29.0 Å². The molecule has 5 aromatic carbocycles. The molecule has 160 valence electrons. The molecular weight excluding hydrogens is 417 g/mol. The van der Waals surface area contributed by atoms with Crippen molar-refractivity contribution in [2.45, 2.75) is 0 Å². The average molecular weight is 447 g/mol. The SMILES string of the molecule is [2H]c1c([2H])c([2H])c(N(c2cc3c4c(c2)Oc2ccccc2B4c2ccccc2O3)c2c([2H])c([2H])c([2H])c([2H])c2[2H])c([2H])c1[2H]. The molecule has 0 aliphatic carbocycles. The van der Waals surface area contributed by atoms with E-state index in [9.17, 15) is 0 Å². The molecule has 34 heavy (non-hydrogen) atoms. The van der Waals surface area contributed by atoms with Crippen LogP contribution < -0.4 is 30.8 Å². The summed E-state index contributed by atoms with van der Waals surface area (Å²) >= 11 is 0. The third-order valence-corrected chi connectivity index (χ3v) is 5.96. The van der Waals surface area contributed by atoms with Gasteiger partial charge in [-0.15, -0.1) is 0 Å². The highest BCUT2D eigenvalue weighted by Crippen LogP contribution is 2.42. The van der Waals surface area contributed by atoms with Crippen LogP contribution in [-0.4, -0.2) is 6.71 Å². The summed E-state index contributed by atoms with van der Waals surface area (Å²) in [6, 6.07) is 11.9. The first-order valence-corrected chi connectivity index (χ1v) is 10.7. The maximum absolute atomic E-state index is 8.75. The monoisotopic (exact) mass is 447 g/mol. The van der Waals surface area contributed by atoms with Crippen LogP contribution in [0.25, 0.3) is 0 Å². The number of anilines is 3. The summed E-state index contributed by atoms with van der Waals surface area (Å²) in [5, 5.41) is 0. The van der Waals surface area contributed by atoms with Crippen LogP contribution >= 0.6 is 0 Å². The Kier molecular flexibility index (Phi) is 2.59. The Morgan fingerprint density at radius 3 is 1.53 bits per heavy atom. The second-order valence-corrected chi connectivity index (χ2v) is 7.85.